The van der Waals surface area contributed by atoms with E-state index in [-0.39, 0.29) is 5.92 Å². The van der Waals surface area contributed by atoms with Gasteiger partial charge in [0.1, 0.15) is 5.82 Å². The second-order valence-electron chi connectivity index (χ2n) is 4.44. The van der Waals surface area contributed by atoms with Crippen LogP contribution >= 0.6 is 0 Å². The summed E-state index contributed by atoms with van der Waals surface area (Å²) in [6.07, 6.45) is 0.831. The highest BCUT2D eigenvalue weighted by Crippen LogP contribution is 2.21. The summed E-state index contributed by atoms with van der Waals surface area (Å²) in [5.74, 6) is -3.89. The lowest BCUT2D eigenvalue weighted by Gasteiger charge is -2.15. The van der Waals surface area contributed by atoms with Gasteiger partial charge in [-0.15, -0.1) is 0 Å². The molecule has 2 unspecified atom stereocenters. The lowest BCUT2D eigenvalue weighted by atomic mass is 10.0. The van der Waals surface area contributed by atoms with Crippen molar-refractivity contribution in [3.63, 3.8) is 0 Å². The molecule has 18 heavy (non-hydrogen) atoms. The number of amides is 1. The van der Waals surface area contributed by atoms with Crippen molar-refractivity contribution in [3.05, 3.63) is 29.6 Å². The molecule has 0 aromatic heterocycles. The first kappa shape index (κ1) is 12.9. The van der Waals surface area contributed by atoms with Crippen LogP contribution in [0.3, 0.4) is 0 Å². The Morgan fingerprint density at radius 2 is 2.11 bits per heavy atom. The number of carbonyl (C=O) groups is 1. The number of benzene rings is 1. The summed E-state index contributed by atoms with van der Waals surface area (Å²) in [6.45, 7) is 2.58. The van der Waals surface area contributed by atoms with Crippen LogP contribution in [0, 0.1) is 23.4 Å². The van der Waals surface area contributed by atoms with Crippen molar-refractivity contribution >= 4 is 11.6 Å². The largest absolute Gasteiger partial charge is 0.322 e. The second kappa shape index (κ2) is 4.97. The Hall–Kier alpha value is -1.56. The highest BCUT2D eigenvalue weighted by atomic mass is 19.2. The second-order valence-corrected chi connectivity index (χ2v) is 4.44. The van der Waals surface area contributed by atoms with E-state index in [1.807, 2.05) is 6.92 Å². The predicted molar refractivity (Wildman–Crippen MR) is 60.5 cm³/mol. The zero-order chi connectivity index (χ0) is 13.3. The number of hydrogen-bond acceptors (Lipinski definition) is 2. The van der Waals surface area contributed by atoms with Crippen molar-refractivity contribution in [3.8, 4) is 0 Å². The van der Waals surface area contributed by atoms with Crippen LogP contribution < -0.4 is 10.6 Å². The van der Waals surface area contributed by atoms with E-state index in [1.54, 1.807) is 0 Å². The number of rotatable bonds is 2. The molecule has 0 bridgehead atoms. The van der Waals surface area contributed by atoms with Gasteiger partial charge in [0, 0.05) is 12.1 Å². The Kier molecular flexibility index (Phi) is 3.56. The minimum Gasteiger partial charge on any atom is -0.322 e. The van der Waals surface area contributed by atoms with Gasteiger partial charge in [-0.3, -0.25) is 4.79 Å². The molecule has 98 valence electrons. The molecule has 2 atom stereocenters. The zero-order valence-corrected chi connectivity index (χ0v) is 9.77. The Morgan fingerprint density at radius 1 is 1.39 bits per heavy atom. The molecular weight excluding hydrogens is 245 g/mol. The first-order valence-electron chi connectivity index (χ1n) is 5.68. The van der Waals surface area contributed by atoms with Gasteiger partial charge in [0.05, 0.1) is 11.7 Å². The van der Waals surface area contributed by atoms with Crippen LogP contribution in [0.25, 0.3) is 0 Å². The Morgan fingerprint density at radius 3 is 2.72 bits per heavy atom. The summed E-state index contributed by atoms with van der Waals surface area (Å²) in [7, 11) is 0. The molecule has 2 rings (SSSR count). The van der Waals surface area contributed by atoms with Crippen molar-refractivity contribution < 1.29 is 18.0 Å². The highest BCUT2D eigenvalue weighted by Gasteiger charge is 2.29. The topological polar surface area (TPSA) is 41.1 Å². The summed E-state index contributed by atoms with van der Waals surface area (Å²) in [5.41, 5.74) is -0.474. The molecule has 1 aromatic rings. The van der Waals surface area contributed by atoms with Crippen molar-refractivity contribution in [1.29, 1.82) is 0 Å². The zero-order valence-electron chi connectivity index (χ0n) is 9.77. The number of anilines is 1. The fraction of sp³-hybridized carbons (Fsp3) is 0.417. The number of halogens is 3. The van der Waals surface area contributed by atoms with Crippen LogP contribution in [-0.4, -0.2) is 18.5 Å². The van der Waals surface area contributed by atoms with E-state index in [4.69, 9.17) is 0 Å². The average Bonchev–Trinajstić information content (AvgIpc) is 2.71. The third kappa shape index (κ3) is 2.48. The molecule has 0 radical (unpaired) electrons. The molecule has 1 heterocycles. The summed E-state index contributed by atoms with van der Waals surface area (Å²) in [4.78, 5) is 11.8. The van der Waals surface area contributed by atoms with E-state index in [0.717, 1.165) is 12.5 Å². The van der Waals surface area contributed by atoms with E-state index in [1.165, 1.54) is 0 Å². The summed E-state index contributed by atoms with van der Waals surface area (Å²) < 4.78 is 39.3. The van der Waals surface area contributed by atoms with Gasteiger partial charge in [-0.05, 0) is 18.9 Å². The maximum atomic E-state index is 13.3. The van der Waals surface area contributed by atoms with E-state index in [2.05, 4.69) is 10.6 Å². The van der Waals surface area contributed by atoms with Gasteiger partial charge in [-0.1, -0.05) is 6.92 Å². The maximum Gasteiger partial charge on any atom is 0.241 e. The van der Waals surface area contributed by atoms with Gasteiger partial charge in [0.15, 0.2) is 11.6 Å². The Labute approximate surface area is 102 Å². The molecule has 1 aromatic carbocycles. The van der Waals surface area contributed by atoms with Crippen molar-refractivity contribution in [2.45, 2.75) is 19.4 Å². The molecule has 0 spiro atoms. The SMILES string of the molecule is CC1CCNC1C(=O)Nc1cc(F)cc(F)c1F. The van der Waals surface area contributed by atoms with Crippen LogP contribution in [0.5, 0.6) is 0 Å². The van der Waals surface area contributed by atoms with Crippen LogP contribution in [0.2, 0.25) is 0 Å². The summed E-state index contributed by atoms with van der Waals surface area (Å²) in [6, 6.07) is 0.730. The fourth-order valence-corrected chi connectivity index (χ4v) is 2.04. The smallest absolute Gasteiger partial charge is 0.241 e. The minimum absolute atomic E-state index is 0.103. The van der Waals surface area contributed by atoms with E-state index >= 15 is 0 Å². The molecule has 1 aliphatic heterocycles. The van der Waals surface area contributed by atoms with Gasteiger partial charge in [-0.25, -0.2) is 13.2 Å². The molecule has 1 fully saturated rings. The Bertz CT molecular complexity index is 479. The van der Waals surface area contributed by atoms with Crippen molar-refractivity contribution in [2.24, 2.45) is 5.92 Å². The van der Waals surface area contributed by atoms with Gasteiger partial charge in [-0.2, -0.15) is 0 Å². The van der Waals surface area contributed by atoms with Crippen LogP contribution in [0.1, 0.15) is 13.3 Å². The predicted octanol–water partition coefficient (Wildman–Crippen LogP) is 2.04. The van der Waals surface area contributed by atoms with Crippen molar-refractivity contribution in [1.82, 2.24) is 5.32 Å². The Balaban J connectivity index is 2.16. The van der Waals surface area contributed by atoms with Gasteiger partial charge in [0.2, 0.25) is 5.91 Å². The van der Waals surface area contributed by atoms with Gasteiger partial charge < -0.3 is 10.6 Å². The number of hydrogen-bond donors (Lipinski definition) is 2. The van der Waals surface area contributed by atoms with Gasteiger partial charge in [0.25, 0.3) is 0 Å². The quantitative estimate of drug-likeness (QED) is 0.797. The monoisotopic (exact) mass is 258 g/mol. The summed E-state index contributed by atoms with van der Waals surface area (Å²) in [5, 5.41) is 5.16. The van der Waals surface area contributed by atoms with Crippen LogP contribution in [0.4, 0.5) is 18.9 Å². The first-order valence-corrected chi connectivity index (χ1v) is 5.68. The summed E-state index contributed by atoms with van der Waals surface area (Å²) >= 11 is 0. The maximum absolute atomic E-state index is 13.3. The molecule has 1 saturated heterocycles. The molecule has 1 aliphatic rings. The van der Waals surface area contributed by atoms with E-state index in [9.17, 15) is 18.0 Å². The highest BCUT2D eigenvalue weighted by molar-refractivity contribution is 5.95. The van der Waals surface area contributed by atoms with Crippen molar-refractivity contribution in [2.75, 3.05) is 11.9 Å². The average molecular weight is 258 g/mol. The first-order chi connectivity index (χ1) is 8.49. The third-order valence-electron chi connectivity index (χ3n) is 3.07. The molecule has 6 heteroatoms. The van der Waals surface area contributed by atoms with Gasteiger partial charge >= 0.3 is 0 Å². The fourth-order valence-electron chi connectivity index (χ4n) is 2.04. The normalized spacial score (nSPS) is 23.1. The lowest BCUT2D eigenvalue weighted by Crippen LogP contribution is -2.39. The molecular formula is C12H13F3N2O. The number of nitrogens with one attached hydrogen (secondary N) is 2. The van der Waals surface area contributed by atoms with Crippen LogP contribution in [-0.2, 0) is 4.79 Å². The van der Waals surface area contributed by atoms with E-state index < -0.39 is 35.1 Å². The molecule has 3 nitrogen and oxygen atoms in total. The standard InChI is InChI=1S/C12H13F3N2O/c1-6-2-3-16-11(6)12(18)17-9-5-7(13)4-8(14)10(9)15/h4-6,11,16H,2-3H2,1H3,(H,17,18). The minimum atomic E-state index is -1.32. The molecule has 2 N–H and O–H groups in total. The molecule has 0 aliphatic carbocycles. The van der Waals surface area contributed by atoms with Crippen LogP contribution in [0.15, 0.2) is 12.1 Å². The lowest BCUT2D eigenvalue weighted by molar-refractivity contribution is -0.118. The molecule has 0 saturated carbocycles. The number of carbonyl (C=O) groups excluding carboxylic acids is 1. The molecule has 1 amide bonds. The third-order valence-corrected chi connectivity index (χ3v) is 3.07. The van der Waals surface area contributed by atoms with E-state index in [0.29, 0.717) is 12.6 Å².